The molecule has 3 aromatic rings. The lowest BCUT2D eigenvalue weighted by atomic mass is 10.0. The topological polar surface area (TPSA) is 58.6 Å². The fourth-order valence-corrected chi connectivity index (χ4v) is 3.50. The summed E-state index contributed by atoms with van der Waals surface area (Å²) < 4.78 is 18.4. The minimum absolute atomic E-state index is 0.0594. The Kier molecular flexibility index (Phi) is 6.11. The summed E-state index contributed by atoms with van der Waals surface area (Å²) in [6.07, 6.45) is 0. The van der Waals surface area contributed by atoms with Crippen molar-refractivity contribution in [1.29, 1.82) is 0 Å². The second kappa shape index (κ2) is 9.12. The van der Waals surface area contributed by atoms with Gasteiger partial charge in [0.05, 0.1) is 5.69 Å². The van der Waals surface area contributed by atoms with E-state index in [-0.39, 0.29) is 18.3 Å². The van der Waals surface area contributed by atoms with Gasteiger partial charge in [-0.15, -0.1) is 10.2 Å². The molecular formula is C24H25FN4O2. The first-order valence-corrected chi connectivity index (χ1v) is 10.3. The highest BCUT2D eigenvalue weighted by Gasteiger charge is 2.22. The largest absolute Gasteiger partial charge is 0.484 e. The van der Waals surface area contributed by atoms with Crippen LogP contribution < -0.4 is 9.64 Å². The average Bonchev–Trinajstić information content (AvgIpc) is 2.80. The zero-order valence-electron chi connectivity index (χ0n) is 17.7. The minimum atomic E-state index is -0.333. The second-order valence-electron chi connectivity index (χ2n) is 7.69. The Balaban J connectivity index is 1.30. The van der Waals surface area contributed by atoms with Crippen molar-refractivity contribution in [3.8, 4) is 17.0 Å². The molecule has 2 aromatic carbocycles. The van der Waals surface area contributed by atoms with Crippen molar-refractivity contribution in [2.75, 3.05) is 37.7 Å². The predicted molar refractivity (Wildman–Crippen MR) is 118 cm³/mol. The SMILES string of the molecule is Cc1ccc(-c2ccc(N3CCN(C(=O)COc4ccc(F)cc4)CC3)nn2)cc1C. The average molecular weight is 420 g/mol. The summed E-state index contributed by atoms with van der Waals surface area (Å²) in [7, 11) is 0. The van der Waals surface area contributed by atoms with Crippen LogP contribution in [0.4, 0.5) is 10.2 Å². The van der Waals surface area contributed by atoms with Gasteiger partial charge in [0.25, 0.3) is 5.91 Å². The van der Waals surface area contributed by atoms with E-state index in [9.17, 15) is 9.18 Å². The van der Waals surface area contributed by atoms with Gasteiger partial charge in [-0.1, -0.05) is 12.1 Å². The summed E-state index contributed by atoms with van der Waals surface area (Å²) in [5, 5.41) is 8.80. The molecule has 2 heterocycles. The Morgan fingerprint density at radius 3 is 2.32 bits per heavy atom. The number of ether oxygens (including phenoxy) is 1. The zero-order valence-corrected chi connectivity index (χ0v) is 17.7. The molecule has 1 aliphatic heterocycles. The monoisotopic (exact) mass is 420 g/mol. The number of piperazine rings is 1. The number of anilines is 1. The van der Waals surface area contributed by atoms with Gasteiger partial charge in [-0.25, -0.2) is 4.39 Å². The molecule has 1 saturated heterocycles. The number of carbonyl (C=O) groups is 1. The van der Waals surface area contributed by atoms with E-state index in [1.165, 1.54) is 35.4 Å². The van der Waals surface area contributed by atoms with Crippen molar-refractivity contribution in [3.63, 3.8) is 0 Å². The lowest BCUT2D eigenvalue weighted by Crippen LogP contribution is -2.50. The van der Waals surface area contributed by atoms with E-state index in [4.69, 9.17) is 4.74 Å². The first kappa shape index (κ1) is 20.8. The lowest BCUT2D eigenvalue weighted by molar-refractivity contribution is -0.133. The quantitative estimate of drug-likeness (QED) is 0.631. The van der Waals surface area contributed by atoms with Crippen molar-refractivity contribution in [1.82, 2.24) is 15.1 Å². The summed E-state index contributed by atoms with van der Waals surface area (Å²) in [5.74, 6) is 0.870. The third-order valence-corrected chi connectivity index (χ3v) is 5.59. The number of nitrogens with zero attached hydrogens (tertiary/aromatic N) is 4. The van der Waals surface area contributed by atoms with Crippen molar-refractivity contribution >= 4 is 11.7 Å². The molecule has 0 spiro atoms. The van der Waals surface area contributed by atoms with Crippen LogP contribution in [0.3, 0.4) is 0 Å². The maximum absolute atomic E-state index is 12.9. The molecule has 0 atom stereocenters. The van der Waals surface area contributed by atoms with Gasteiger partial charge in [0.1, 0.15) is 11.6 Å². The molecule has 4 rings (SSSR count). The fourth-order valence-electron chi connectivity index (χ4n) is 3.50. The van der Waals surface area contributed by atoms with E-state index in [0.717, 1.165) is 17.1 Å². The van der Waals surface area contributed by atoms with Crippen LogP contribution in [-0.2, 0) is 4.79 Å². The summed E-state index contributed by atoms with van der Waals surface area (Å²) in [6, 6.07) is 15.9. The maximum Gasteiger partial charge on any atom is 0.260 e. The van der Waals surface area contributed by atoms with E-state index in [0.29, 0.717) is 31.9 Å². The number of hydrogen-bond acceptors (Lipinski definition) is 5. The molecule has 0 unspecified atom stereocenters. The lowest BCUT2D eigenvalue weighted by Gasteiger charge is -2.35. The van der Waals surface area contributed by atoms with Crippen molar-refractivity contribution in [2.24, 2.45) is 0 Å². The van der Waals surface area contributed by atoms with Crippen LogP contribution in [0.2, 0.25) is 0 Å². The molecule has 7 heteroatoms. The highest BCUT2D eigenvalue weighted by Crippen LogP contribution is 2.22. The van der Waals surface area contributed by atoms with Crippen LogP contribution in [0.1, 0.15) is 11.1 Å². The van der Waals surface area contributed by atoms with Gasteiger partial charge in [-0.3, -0.25) is 4.79 Å². The van der Waals surface area contributed by atoms with Gasteiger partial charge in [-0.05, 0) is 67.4 Å². The summed E-state index contributed by atoms with van der Waals surface area (Å²) in [4.78, 5) is 16.3. The van der Waals surface area contributed by atoms with Gasteiger partial charge >= 0.3 is 0 Å². The van der Waals surface area contributed by atoms with Crippen molar-refractivity contribution < 1.29 is 13.9 Å². The van der Waals surface area contributed by atoms with Crippen LogP contribution in [-0.4, -0.2) is 53.8 Å². The van der Waals surface area contributed by atoms with Crippen LogP contribution in [0.25, 0.3) is 11.3 Å². The molecular weight excluding hydrogens is 395 g/mol. The van der Waals surface area contributed by atoms with Crippen molar-refractivity contribution in [3.05, 3.63) is 71.5 Å². The summed E-state index contributed by atoms with van der Waals surface area (Å²) >= 11 is 0. The number of benzene rings is 2. The Bertz CT molecular complexity index is 1050. The molecule has 160 valence electrons. The third-order valence-electron chi connectivity index (χ3n) is 5.59. The number of hydrogen-bond donors (Lipinski definition) is 0. The van der Waals surface area contributed by atoms with Crippen LogP contribution in [0, 0.1) is 19.7 Å². The molecule has 6 nitrogen and oxygen atoms in total. The normalized spacial score (nSPS) is 13.9. The molecule has 0 aliphatic carbocycles. The Morgan fingerprint density at radius 1 is 0.935 bits per heavy atom. The third kappa shape index (κ3) is 4.99. The first-order chi connectivity index (χ1) is 15.0. The molecule has 1 amide bonds. The van der Waals surface area contributed by atoms with Crippen LogP contribution in [0.15, 0.2) is 54.6 Å². The number of halogens is 1. The first-order valence-electron chi connectivity index (χ1n) is 10.3. The minimum Gasteiger partial charge on any atom is -0.484 e. The summed E-state index contributed by atoms with van der Waals surface area (Å²) in [6.45, 7) is 6.66. The molecule has 0 radical (unpaired) electrons. The van der Waals surface area contributed by atoms with E-state index in [2.05, 4.69) is 47.1 Å². The van der Waals surface area contributed by atoms with E-state index < -0.39 is 0 Å². The second-order valence-corrected chi connectivity index (χ2v) is 7.69. The van der Waals surface area contributed by atoms with E-state index in [1.54, 1.807) is 4.90 Å². The number of amides is 1. The molecule has 31 heavy (non-hydrogen) atoms. The van der Waals surface area contributed by atoms with Gasteiger partial charge in [0, 0.05) is 31.7 Å². The molecule has 1 aliphatic rings. The number of aromatic nitrogens is 2. The highest BCUT2D eigenvalue weighted by atomic mass is 19.1. The van der Waals surface area contributed by atoms with E-state index in [1.807, 2.05) is 12.1 Å². The number of carbonyl (C=O) groups excluding carboxylic acids is 1. The standard InChI is InChI=1S/C24H25FN4O2/c1-17-3-4-19(15-18(17)2)22-9-10-23(27-26-22)28-11-13-29(14-12-28)24(30)16-31-21-7-5-20(25)6-8-21/h3-10,15H,11-14,16H2,1-2H3. The van der Waals surface area contributed by atoms with Crippen LogP contribution >= 0.6 is 0 Å². The van der Waals surface area contributed by atoms with E-state index >= 15 is 0 Å². The van der Waals surface area contributed by atoms with Crippen molar-refractivity contribution in [2.45, 2.75) is 13.8 Å². The highest BCUT2D eigenvalue weighted by molar-refractivity contribution is 5.78. The number of aryl methyl sites for hydroxylation is 2. The smallest absolute Gasteiger partial charge is 0.260 e. The molecule has 0 N–H and O–H groups in total. The van der Waals surface area contributed by atoms with Crippen LogP contribution in [0.5, 0.6) is 5.75 Å². The molecule has 1 aromatic heterocycles. The predicted octanol–water partition coefficient (Wildman–Crippen LogP) is 3.63. The number of rotatable bonds is 5. The Morgan fingerprint density at radius 2 is 1.68 bits per heavy atom. The molecule has 0 bridgehead atoms. The summed E-state index contributed by atoms with van der Waals surface area (Å²) in [5.41, 5.74) is 4.38. The fraction of sp³-hybridized carbons (Fsp3) is 0.292. The molecule has 1 fully saturated rings. The zero-order chi connectivity index (χ0) is 21.8. The maximum atomic E-state index is 12.9. The Hall–Kier alpha value is -3.48. The Labute approximate surface area is 181 Å². The van der Waals surface area contributed by atoms with Gasteiger partial charge < -0.3 is 14.5 Å². The van der Waals surface area contributed by atoms with Gasteiger partial charge in [-0.2, -0.15) is 0 Å². The van der Waals surface area contributed by atoms with Gasteiger partial charge in [0.15, 0.2) is 12.4 Å². The molecule has 0 saturated carbocycles. The van der Waals surface area contributed by atoms with Gasteiger partial charge in [0.2, 0.25) is 0 Å².